The summed E-state index contributed by atoms with van der Waals surface area (Å²) in [5.74, 6) is 0.153. The first kappa shape index (κ1) is 13.0. The highest BCUT2D eigenvalue weighted by Gasteiger charge is 2.20. The molecule has 1 fully saturated rings. The molecular formula is C12H21N5O. The summed E-state index contributed by atoms with van der Waals surface area (Å²) in [6.07, 6.45) is 3.52. The van der Waals surface area contributed by atoms with Gasteiger partial charge in [-0.25, -0.2) is 4.68 Å². The fraction of sp³-hybridized carbons (Fsp3) is 0.750. The molecule has 1 aromatic heterocycles. The van der Waals surface area contributed by atoms with Crippen LogP contribution in [0.2, 0.25) is 0 Å². The Morgan fingerprint density at radius 1 is 1.56 bits per heavy atom. The summed E-state index contributed by atoms with van der Waals surface area (Å²) in [6.45, 7) is 7.74. The van der Waals surface area contributed by atoms with Crippen LogP contribution in [0.15, 0.2) is 6.20 Å². The van der Waals surface area contributed by atoms with Crippen molar-refractivity contribution in [2.75, 3.05) is 6.54 Å². The lowest BCUT2D eigenvalue weighted by atomic mass is 10.1. The van der Waals surface area contributed by atoms with E-state index >= 15 is 0 Å². The zero-order valence-corrected chi connectivity index (χ0v) is 11.2. The van der Waals surface area contributed by atoms with E-state index in [4.69, 9.17) is 0 Å². The van der Waals surface area contributed by atoms with Gasteiger partial charge >= 0.3 is 0 Å². The SMILES string of the molecule is CC(C)(C)n1cc(CNCC2CCC(=O)N2)nn1. The number of aromatic nitrogens is 3. The number of rotatable bonds is 4. The van der Waals surface area contributed by atoms with Gasteiger partial charge in [0.2, 0.25) is 5.91 Å². The highest BCUT2D eigenvalue weighted by molar-refractivity contribution is 5.78. The molecule has 0 spiro atoms. The van der Waals surface area contributed by atoms with E-state index in [1.54, 1.807) is 0 Å². The molecule has 1 atom stereocenters. The van der Waals surface area contributed by atoms with Crippen LogP contribution in [-0.4, -0.2) is 33.5 Å². The van der Waals surface area contributed by atoms with Crippen LogP contribution in [0.4, 0.5) is 0 Å². The standard InChI is InChI=1S/C12H21N5O/c1-12(2,3)17-8-10(15-16-17)7-13-6-9-4-5-11(18)14-9/h8-9,13H,4-7H2,1-3H3,(H,14,18). The third-order valence-electron chi connectivity index (χ3n) is 3.01. The van der Waals surface area contributed by atoms with E-state index in [0.717, 1.165) is 18.7 Å². The van der Waals surface area contributed by atoms with Crippen molar-refractivity contribution < 1.29 is 4.79 Å². The second-order valence-corrected chi connectivity index (χ2v) is 5.76. The van der Waals surface area contributed by atoms with Crippen LogP contribution in [0.5, 0.6) is 0 Å². The van der Waals surface area contributed by atoms with Crippen LogP contribution in [0.3, 0.4) is 0 Å². The lowest BCUT2D eigenvalue weighted by molar-refractivity contribution is -0.119. The van der Waals surface area contributed by atoms with E-state index in [2.05, 4.69) is 41.7 Å². The Morgan fingerprint density at radius 3 is 2.89 bits per heavy atom. The number of hydrogen-bond acceptors (Lipinski definition) is 4. The first-order valence-corrected chi connectivity index (χ1v) is 6.37. The largest absolute Gasteiger partial charge is 0.352 e. The molecule has 0 bridgehead atoms. The molecule has 0 aliphatic carbocycles. The maximum atomic E-state index is 11.0. The second kappa shape index (κ2) is 5.06. The molecule has 0 saturated carbocycles. The Hall–Kier alpha value is -1.43. The van der Waals surface area contributed by atoms with Crippen LogP contribution in [0.1, 0.15) is 39.3 Å². The minimum atomic E-state index is -0.0370. The summed E-state index contributed by atoms with van der Waals surface area (Å²) in [6, 6.07) is 0.259. The van der Waals surface area contributed by atoms with Crippen molar-refractivity contribution in [3.63, 3.8) is 0 Å². The molecule has 1 aliphatic heterocycles. The Bertz CT molecular complexity index is 420. The molecule has 6 heteroatoms. The summed E-state index contributed by atoms with van der Waals surface area (Å²) < 4.78 is 1.86. The molecule has 18 heavy (non-hydrogen) atoms. The summed E-state index contributed by atoms with van der Waals surface area (Å²) in [5.41, 5.74) is 0.888. The molecule has 2 rings (SSSR count). The molecule has 100 valence electrons. The molecule has 1 aliphatic rings. The number of nitrogens with one attached hydrogen (secondary N) is 2. The van der Waals surface area contributed by atoms with Crippen molar-refractivity contribution in [1.29, 1.82) is 0 Å². The molecule has 0 aromatic carbocycles. The first-order valence-electron chi connectivity index (χ1n) is 6.37. The van der Waals surface area contributed by atoms with E-state index in [1.165, 1.54) is 0 Å². The minimum Gasteiger partial charge on any atom is -0.352 e. The normalized spacial score (nSPS) is 20.2. The monoisotopic (exact) mass is 251 g/mol. The first-order chi connectivity index (χ1) is 8.45. The smallest absolute Gasteiger partial charge is 0.220 e. The van der Waals surface area contributed by atoms with Gasteiger partial charge in [-0.05, 0) is 27.2 Å². The van der Waals surface area contributed by atoms with Gasteiger partial charge in [0, 0.05) is 25.6 Å². The molecule has 1 amide bonds. The second-order valence-electron chi connectivity index (χ2n) is 5.76. The van der Waals surface area contributed by atoms with Gasteiger partial charge < -0.3 is 10.6 Å². The van der Waals surface area contributed by atoms with Crippen LogP contribution in [0.25, 0.3) is 0 Å². The number of nitrogens with zero attached hydrogens (tertiary/aromatic N) is 3. The summed E-state index contributed by atoms with van der Waals surface area (Å²) in [4.78, 5) is 11.0. The average molecular weight is 251 g/mol. The van der Waals surface area contributed by atoms with E-state index in [9.17, 15) is 4.79 Å². The van der Waals surface area contributed by atoms with E-state index in [-0.39, 0.29) is 17.5 Å². The molecule has 6 nitrogen and oxygen atoms in total. The van der Waals surface area contributed by atoms with Crippen LogP contribution in [0, 0.1) is 0 Å². The topological polar surface area (TPSA) is 71.8 Å². The van der Waals surface area contributed by atoms with E-state index in [0.29, 0.717) is 13.0 Å². The van der Waals surface area contributed by atoms with Gasteiger partial charge in [0.05, 0.1) is 17.4 Å². The van der Waals surface area contributed by atoms with Crippen molar-refractivity contribution in [3.8, 4) is 0 Å². The molecule has 1 aromatic rings. The van der Waals surface area contributed by atoms with Gasteiger partial charge in [-0.1, -0.05) is 5.21 Å². The fourth-order valence-corrected chi connectivity index (χ4v) is 1.91. The Morgan fingerprint density at radius 2 is 2.33 bits per heavy atom. The molecule has 0 radical (unpaired) electrons. The summed E-state index contributed by atoms with van der Waals surface area (Å²) in [5, 5.41) is 14.5. The number of carbonyl (C=O) groups is 1. The Labute approximate surface area is 107 Å². The maximum Gasteiger partial charge on any atom is 0.220 e. The minimum absolute atomic E-state index is 0.0370. The third-order valence-corrected chi connectivity index (χ3v) is 3.01. The quantitative estimate of drug-likeness (QED) is 0.812. The summed E-state index contributed by atoms with van der Waals surface area (Å²) in [7, 11) is 0. The average Bonchev–Trinajstić information content (AvgIpc) is 2.87. The van der Waals surface area contributed by atoms with E-state index in [1.807, 2.05) is 10.9 Å². The summed E-state index contributed by atoms with van der Waals surface area (Å²) >= 11 is 0. The highest BCUT2D eigenvalue weighted by Crippen LogP contribution is 2.11. The van der Waals surface area contributed by atoms with Crippen molar-refractivity contribution in [2.45, 2.75) is 51.7 Å². The van der Waals surface area contributed by atoms with Gasteiger partial charge in [0.25, 0.3) is 0 Å². The molecular weight excluding hydrogens is 230 g/mol. The number of hydrogen-bond donors (Lipinski definition) is 2. The van der Waals surface area contributed by atoms with Crippen LogP contribution in [-0.2, 0) is 16.9 Å². The molecule has 1 unspecified atom stereocenters. The number of amides is 1. The van der Waals surface area contributed by atoms with Crippen molar-refractivity contribution in [1.82, 2.24) is 25.6 Å². The zero-order valence-electron chi connectivity index (χ0n) is 11.2. The molecule has 1 saturated heterocycles. The predicted octanol–water partition coefficient (Wildman–Crippen LogP) is 0.401. The Balaban J connectivity index is 1.77. The molecule has 2 N–H and O–H groups in total. The zero-order chi connectivity index (χ0) is 13.2. The fourth-order valence-electron chi connectivity index (χ4n) is 1.91. The van der Waals surface area contributed by atoms with Crippen molar-refractivity contribution >= 4 is 5.91 Å². The number of carbonyl (C=O) groups excluding carboxylic acids is 1. The van der Waals surface area contributed by atoms with Gasteiger partial charge in [-0.3, -0.25) is 4.79 Å². The third kappa shape index (κ3) is 3.29. The van der Waals surface area contributed by atoms with Crippen LogP contribution < -0.4 is 10.6 Å². The van der Waals surface area contributed by atoms with Crippen LogP contribution >= 0.6 is 0 Å². The van der Waals surface area contributed by atoms with E-state index < -0.39 is 0 Å². The van der Waals surface area contributed by atoms with Gasteiger partial charge in [-0.2, -0.15) is 0 Å². The Kier molecular flexibility index (Phi) is 3.65. The van der Waals surface area contributed by atoms with Crippen molar-refractivity contribution in [2.24, 2.45) is 0 Å². The van der Waals surface area contributed by atoms with Gasteiger partial charge in [-0.15, -0.1) is 5.10 Å². The van der Waals surface area contributed by atoms with Gasteiger partial charge in [0.15, 0.2) is 0 Å². The van der Waals surface area contributed by atoms with Gasteiger partial charge in [0.1, 0.15) is 0 Å². The lowest BCUT2D eigenvalue weighted by Gasteiger charge is -2.17. The predicted molar refractivity (Wildman–Crippen MR) is 67.9 cm³/mol. The molecule has 2 heterocycles. The highest BCUT2D eigenvalue weighted by atomic mass is 16.1. The lowest BCUT2D eigenvalue weighted by Crippen LogP contribution is -2.35. The maximum absolute atomic E-state index is 11.0. The van der Waals surface area contributed by atoms with Crippen molar-refractivity contribution in [3.05, 3.63) is 11.9 Å².